The molecule has 2 aliphatic rings. The molecule has 26 heavy (non-hydrogen) atoms. The van der Waals surface area contributed by atoms with E-state index in [9.17, 15) is 9.59 Å². The second-order valence-electron chi connectivity index (χ2n) is 7.30. The maximum Gasteiger partial charge on any atom is 0.355 e. The minimum absolute atomic E-state index is 0.0959. The number of amides is 1. The van der Waals surface area contributed by atoms with Gasteiger partial charge in [-0.1, -0.05) is 18.7 Å². The molecule has 1 saturated heterocycles. The summed E-state index contributed by atoms with van der Waals surface area (Å²) >= 11 is 2.87. The molecule has 6 nitrogen and oxygen atoms in total. The number of hydrogen-bond donors (Lipinski definition) is 2. The molecule has 2 fully saturated rings. The van der Waals surface area contributed by atoms with E-state index in [-0.39, 0.29) is 17.6 Å². The molecule has 0 spiro atoms. The first kappa shape index (κ1) is 19.6. The van der Waals surface area contributed by atoms with Gasteiger partial charge in [0, 0.05) is 42.7 Å². The van der Waals surface area contributed by atoms with E-state index in [1.807, 2.05) is 4.90 Å². The summed E-state index contributed by atoms with van der Waals surface area (Å²) in [4.78, 5) is 29.2. The molecular formula is C18H27N3O3S2. The number of nitrogens with zero attached hydrogens (tertiary/aromatic N) is 2. The van der Waals surface area contributed by atoms with Crippen molar-refractivity contribution in [3.05, 3.63) is 11.1 Å². The number of nitrogens with one attached hydrogen (secondary N) is 1. The van der Waals surface area contributed by atoms with Gasteiger partial charge < -0.3 is 15.3 Å². The van der Waals surface area contributed by atoms with Gasteiger partial charge in [-0.3, -0.25) is 4.79 Å². The van der Waals surface area contributed by atoms with Crippen LogP contribution in [0.2, 0.25) is 0 Å². The molecule has 1 saturated carbocycles. The van der Waals surface area contributed by atoms with Crippen LogP contribution in [-0.4, -0.2) is 57.8 Å². The van der Waals surface area contributed by atoms with E-state index in [1.54, 1.807) is 5.38 Å². The molecule has 1 aromatic heterocycles. The number of likely N-dealkylation sites (tertiary alicyclic amines) is 1. The van der Waals surface area contributed by atoms with Gasteiger partial charge in [0.2, 0.25) is 5.91 Å². The average molecular weight is 398 g/mol. The number of carbonyl (C=O) groups excluding carboxylic acids is 1. The third-order valence-electron chi connectivity index (χ3n) is 5.37. The zero-order valence-electron chi connectivity index (χ0n) is 15.1. The summed E-state index contributed by atoms with van der Waals surface area (Å²) in [6.07, 6.45) is 6.65. The van der Waals surface area contributed by atoms with Gasteiger partial charge in [-0.2, -0.15) is 0 Å². The van der Waals surface area contributed by atoms with E-state index >= 15 is 0 Å². The molecule has 1 aliphatic heterocycles. The highest BCUT2D eigenvalue weighted by Gasteiger charge is 2.31. The largest absolute Gasteiger partial charge is 0.476 e. The fraction of sp³-hybridized carbons (Fsp3) is 0.722. The lowest BCUT2D eigenvalue weighted by atomic mass is 9.87. The lowest BCUT2D eigenvalue weighted by molar-refractivity contribution is -0.128. The first-order valence-electron chi connectivity index (χ1n) is 9.37. The van der Waals surface area contributed by atoms with Crippen molar-refractivity contribution in [3.63, 3.8) is 0 Å². The number of carboxylic acids is 1. The highest BCUT2D eigenvalue weighted by atomic mass is 32.2. The number of rotatable bonds is 8. The average Bonchev–Trinajstić information content (AvgIpc) is 3.23. The summed E-state index contributed by atoms with van der Waals surface area (Å²) in [7, 11) is 0. The van der Waals surface area contributed by atoms with Gasteiger partial charge >= 0.3 is 5.97 Å². The van der Waals surface area contributed by atoms with Crippen LogP contribution in [-0.2, 0) is 4.79 Å². The Hall–Kier alpha value is -1.12. The SMILES string of the molecule is CC1CCC(NC[C@H]2CCC(=O)N2CCSc2nc(C(=O)O)cs2)CC1. The Balaban J connectivity index is 1.43. The number of aromatic carboxylic acids is 1. The fourth-order valence-corrected chi connectivity index (χ4v) is 5.54. The molecule has 1 amide bonds. The smallest absolute Gasteiger partial charge is 0.355 e. The first-order chi connectivity index (χ1) is 12.5. The van der Waals surface area contributed by atoms with Crippen LogP contribution in [0.25, 0.3) is 0 Å². The van der Waals surface area contributed by atoms with E-state index in [2.05, 4.69) is 17.2 Å². The second-order valence-corrected chi connectivity index (χ2v) is 9.50. The highest BCUT2D eigenvalue weighted by Crippen LogP contribution is 2.26. The Morgan fingerprint density at radius 1 is 1.38 bits per heavy atom. The molecule has 1 aromatic rings. The predicted molar refractivity (Wildman–Crippen MR) is 104 cm³/mol. The number of carbonyl (C=O) groups is 2. The minimum atomic E-state index is -0.994. The van der Waals surface area contributed by atoms with Crippen molar-refractivity contribution in [2.24, 2.45) is 5.92 Å². The highest BCUT2D eigenvalue weighted by molar-refractivity contribution is 8.01. The van der Waals surface area contributed by atoms with Gasteiger partial charge in [0.25, 0.3) is 0 Å². The maximum absolute atomic E-state index is 12.2. The lowest BCUT2D eigenvalue weighted by Crippen LogP contribution is -2.44. The van der Waals surface area contributed by atoms with Gasteiger partial charge in [-0.15, -0.1) is 11.3 Å². The summed E-state index contributed by atoms with van der Waals surface area (Å²) in [6, 6.07) is 0.885. The summed E-state index contributed by atoms with van der Waals surface area (Å²) in [5.41, 5.74) is 0.0959. The molecule has 1 atom stereocenters. The van der Waals surface area contributed by atoms with E-state index in [4.69, 9.17) is 5.11 Å². The van der Waals surface area contributed by atoms with Crippen molar-refractivity contribution in [1.29, 1.82) is 0 Å². The van der Waals surface area contributed by atoms with Crippen LogP contribution >= 0.6 is 23.1 Å². The van der Waals surface area contributed by atoms with Crippen LogP contribution in [0.1, 0.15) is 55.9 Å². The van der Waals surface area contributed by atoms with Gasteiger partial charge in [0.1, 0.15) is 0 Å². The summed E-state index contributed by atoms with van der Waals surface area (Å²) < 4.78 is 0.750. The number of carboxylic acid groups (broad SMARTS) is 1. The van der Waals surface area contributed by atoms with Crippen molar-refractivity contribution < 1.29 is 14.7 Å². The van der Waals surface area contributed by atoms with Gasteiger partial charge in [-0.05, 0) is 38.0 Å². The van der Waals surface area contributed by atoms with E-state index in [0.717, 1.165) is 29.0 Å². The fourth-order valence-electron chi connectivity index (χ4n) is 3.73. The molecule has 144 valence electrons. The summed E-state index contributed by atoms with van der Waals surface area (Å²) in [5.74, 6) is 0.837. The second kappa shape index (κ2) is 9.19. The van der Waals surface area contributed by atoms with Crippen molar-refractivity contribution in [1.82, 2.24) is 15.2 Å². The molecule has 2 N–H and O–H groups in total. The zero-order chi connectivity index (χ0) is 18.5. The lowest BCUT2D eigenvalue weighted by Gasteiger charge is -2.30. The number of thiazole rings is 1. The quantitative estimate of drug-likeness (QED) is 0.656. The van der Waals surface area contributed by atoms with Gasteiger partial charge in [0.05, 0.1) is 0 Å². The predicted octanol–water partition coefficient (Wildman–Crippen LogP) is 3.09. The van der Waals surface area contributed by atoms with E-state index in [1.165, 1.54) is 48.8 Å². The van der Waals surface area contributed by atoms with Crippen LogP contribution in [0.4, 0.5) is 0 Å². The molecule has 3 rings (SSSR count). The standard InChI is InChI=1S/C18H27N3O3S2/c1-12-2-4-13(5-3-12)19-10-14-6-7-16(22)21(14)8-9-25-18-20-15(11-26-18)17(23)24/h11-14,19H,2-10H2,1H3,(H,23,24)/t12?,13?,14-/m1/s1. The van der Waals surface area contributed by atoms with Gasteiger partial charge in [0.15, 0.2) is 10.0 Å². The molecule has 2 heterocycles. The number of thioether (sulfide) groups is 1. The normalized spacial score (nSPS) is 26.4. The number of hydrogen-bond acceptors (Lipinski definition) is 6. The summed E-state index contributed by atoms with van der Waals surface area (Å²) in [5, 5.41) is 14.2. The molecule has 0 unspecified atom stereocenters. The van der Waals surface area contributed by atoms with E-state index < -0.39 is 5.97 Å². The van der Waals surface area contributed by atoms with Crippen LogP contribution in [0, 0.1) is 5.92 Å². The monoisotopic (exact) mass is 397 g/mol. The first-order valence-corrected chi connectivity index (χ1v) is 11.2. The van der Waals surface area contributed by atoms with Crippen LogP contribution in [0.5, 0.6) is 0 Å². The van der Waals surface area contributed by atoms with Crippen molar-refractivity contribution in [2.45, 2.75) is 61.9 Å². The Kier molecular flexibility index (Phi) is 6.94. The topological polar surface area (TPSA) is 82.5 Å². The van der Waals surface area contributed by atoms with Crippen LogP contribution < -0.4 is 5.32 Å². The van der Waals surface area contributed by atoms with E-state index in [0.29, 0.717) is 19.0 Å². The van der Waals surface area contributed by atoms with Crippen molar-refractivity contribution in [3.8, 4) is 0 Å². The Bertz CT molecular complexity index is 629. The molecule has 0 bridgehead atoms. The third-order valence-corrected chi connectivity index (χ3v) is 7.37. The van der Waals surface area contributed by atoms with Crippen LogP contribution in [0.15, 0.2) is 9.72 Å². The molecule has 0 radical (unpaired) electrons. The van der Waals surface area contributed by atoms with Crippen molar-refractivity contribution in [2.75, 3.05) is 18.8 Å². The number of aromatic nitrogens is 1. The van der Waals surface area contributed by atoms with Crippen LogP contribution in [0.3, 0.4) is 0 Å². The molecule has 0 aromatic carbocycles. The third kappa shape index (κ3) is 5.20. The minimum Gasteiger partial charge on any atom is -0.476 e. The Morgan fingerprint density at radius 3 is 2.85 bits per heavy atom. The van der Waals surface area contributed by atoms with Gasteiger partial charge in [-0.25, -0.2) is 9.78 Å². The molecule has 1 aliphatic carbocycles. The zero-order valence-corrected chi connectivity index (χ0v) is 16.8. The van der Waals surface area contributed by atoms with Crippen molar-refractivity contribution >= 4 is 35.0 Å². The maximum atomic E-state index is 12.2. The molecule has 8 heteroatoms. The Morgan fingerprint density at radius 2 is 2.15 bits per heavy atom. The summed E-state index contributed by atoms with van der Waals surface area (Å²) in [6.45, 7) is 3.91. The Labute approximate surface area is 162 Å². The molecular weight excluding hydrogens is 370 g/mol.